The van der Waals surface area contributed by atoms with Crippen molar-refractivity contribution in [3.63, 3.8) is 0 Å². The minimum Gasteiger partial charge on any atom is -0.0990 e. The van der Waals surface area contributed by atoms with Gasteiger partial charge in [0.1, 0.15) is 0 Å². The predicted octanol–water partition coefficient (Wildman–Crippen LogP) is 12.3. The van der Waals surface area contributed by atoms with Crippen LogP contribution < -0.4 is 0 Å². The summed E-state index contributed by atoms with van der Waals surface area (Å²) in [5, 5.41) is 0. The van der Waals surface area contributed by atoms with Gasteiger partial charge < -0.3 is 0 Å². The zero-order valence-corrected chi connectivity index (χ0v) is 27.3. The van der Waals surface area contributed by atoms with E-state index in [9.17, 15) is 0 Å². The average Bonchev–Trinajstić information content (AvgIpc) is 3.30. The number of hydrogen-bond acceptors (Lipinski definition) is 0. The molecule has 2 aromatic carbocycles. The van der Waals surface area contributed by atoms with Gasteiger partial charge in [0, 0.05) is 0 Å². The summed E-state index contributed by atoms with van der Waals surface area (Å²) in [6.07, 6.45) is 21.6. The highest BCUT2D eigenvalue weighted by Crippen LogP contribution is 2.43. The molecule has 2 aliphatic carbocycles. The van der Waals surface area contributed by atoms with Crippen molar-refractivity contribution >= 4 is 0 Å². The van der Waals surface area contributed by atoms with Crippen LogP contribution in [0.2, 0.25) is 0 Å². The molecule has 2 atom stereocenters. The third-order valence-corrected chi connectivity index (χ3v) is 7.93. The normalized spacial score (nSPS) is 18.0. The smallest absolute Gasteiger partial charge is 0.00121 e. The van der Waals surface area contributed by atoms with Gasteiger partial charge in [0.15, 0.2) is 0 Å². The molecule has 42 heavy (non-hydrogen) atoms. The van der Waals surface area contributed by atoms with Crippen molar-refractivity contribution < 1.29 is 0 Å². The molecule has 2 unspecified atom stereocenters. The van der Waals surface area contributed by atoms with Gasteiger partial charge in [-0.1, -0.05) is 163 Å². The first-order chi connectivity index (χ1) is 20.4. The van der Waals surface area contributed by atoms with Gasteiger partial charge in [-0.3, -0.25) is 0 Å². The highest BCUT2D eigenvalue weighted by Gasteiger charge is 2.27. The minimum atomic E-state index is 0.412. The van der Waals surface area contributed by atoms with Crippen molar-refractivity contribution in [2.45, 2.75) is 80.1 Å². The van der Waals surface area contributed by atoms with Crippen molar-refractivity contribution in [3.05, 3.63) is 167 Å². The van der Waals surface area contributed by atoms with Gasteiger partial charge >= 0.3 is 0 Å². The Morgan fingerprint density at radius 3 is 2.17 bits per heavy atom. The third-order valence-electron chi connectivity index (χ3n) is 7.93. The van der Waals surface area contributed by atoms with Crippen LogP contribution in [0.1, 0.15) is 83.9 Å². The number of rotatable bonds is 10. The Labute approximate surface area is 258 Å². The fourth-order valence-corrected chi connectivity index (χ4v) is 5.56. The van der Waals surface area contributed by atoms with Gasteiger partial charge in [0.25, 0.3) is 0 Å². The molecule has 2 aromatic rings. The Morgan fingerprint density at radius 2 is 1.57 bits per heavy atom. The lowest BCUT2D eigenvalue weighted by Crippen LogP contribution is -2.07. The maximum atomic E-state index is 4.41. The molecule has 0 heteroatoms. The van der Waals surface area contributed by atoms with E-state index in [1.807, 2.05) is 32.1 Å². The molecule has 222 valence electrons. The summed E-state index contributed by atoms with van der Waals surface area (Å²) in [7, 11) is 0. The van der Waals surface area contributed by atoms with Gasteiger partial charge in [-0.15, -0.1) is 0 Å². The molecule has 0 heterocycles. The maximum absolute atomic E-state index is 4.41. The van der Waals surface area contributed by atoms with Crippen molar-refractivity contribution in [2.75, 3.05) is 0 Å². The molecule has 0 spiro atoms. The van der Waals surface area contributed by atoms with Gasteiger partial charge in [-0.05, 0) is 95.4 Å². The maximum Gasteiger partial charge on any atom is -0.00121 e. The monoisotopic (exact) mass is 558 g/mol. The molecule has 0 radical (unpaired) electrons. The number of hydrogen-bond donors (Lipinski definition) is 0. The van der Waals surface area contributed by atoms with Gasteiger partial charge in [-0.2, -0.15) is 0 Å². The Bertz CT molecular complexity index is 1300. The molecule has 0 N–H and O–H groups in total. The summed E-state index contributed by atoms with van der Waals surface area (Å²) < 4.78 is 0. The van der Waals surface area contributed by atoms with Crippen molar-refractivity contribution in [1.29, 1.82) is 0 Å². The molecular formula is C42H54. The van der Waals surface area contributed by atoms with E-state index < -0.39 is 0 Å². The molecule has 0 aromatic heterocycles. The van der Waals surface area contributed by atoms with E-state index in [-0.39, 0.29) is 0 Å². The number of benzene rings is 2. The standard InChI is InChI=1S/C25H32.C15H16.C2H6/c1-7-10-18(4)24-17-22(15-13-21(9-3)11-8-2)20(6)16-23-14-12-19(5)25(23)24;1-2-13-8-10-15(11-9-13)12-14-6-4-3-5-7-14;1-2/h8-9,11-13,15,17,20,22H,2-4,7,10,14,16H2,1,5-6H3;3-11H,2,12H2,1H3;1-2H3/b15-13+,21-11+;;. The van der Waals surface area contributed by atoms with Crippen LogP contribution in [0, 0.1) is 11.8 Å². The van der Waals surface area contributed by atoms with E-state index >= 15 is 0 Å². The van der Waals surface area contributed by atoms with Crippen LogP contribution in [0.15, 0.2) is 150 Å². The van der Waals surface area contributed by atoms with Crippen LogP contribution >= 0.6 is 0 Å². The first kappa shape index (κ1) is 34.6. The fourth-order valence-electron chi connectivity index (χ4n) is 5.56. The third kappa shape index (κ3) is 10.3. The van der Waals surface area contributed by atoms with E-state index in [4.69, 9.17) is 0 Å². The summed E-state index contributed by atoms with van der Waals surface area (Å²) in [4.78, 5) is 0. The Kier molecular flexibility index (Phi) is 15.4. The molecule has 2 aliphatic rings. The van der Waals surface area contributed by atoms with Crippen LogP contribution in [-0.2, 0) is 12.8 Å². The van der Waals surface area contributed by atoms with E-state index in [1.54, 1.807) is 5.57 Å². The Hall–Kier alpha value is -3.64. The van der Waals surface area contributed by atoms with E-state index in [1.165, 1.54) is 39.0 Å². The summed E-state index contributed by atoms with van der Waals surface area (Å²) in [5.74, 6) is 0.998. The van der Waals surface area contributed by atoms with E-state index in [0.717, 1.165) is 44.1 Å². The van der Waals surface area contributed by atoms with Crippen molar-refractivity contribution in [1.82, 2.24) is 0 Å². The highest BCUT2D eigenvalue weighted by molar-refractivity contribution is 5.61. The second kappa shape index (κ2) is 18.7. The summed E-state index contributed by atoms with van der Waals surface area (Å²) in [6, 6.07) is 19.5. The van der Waals surface area contributed by atoms with E-state index in [2.05, 4.69) is 126 Å². The number of allylic oxidation sites excluding steroid dienone is 13. The Balaban J connectivity index is 0.000000308. The first-order valence-corrected chi connectivity index (χ1v) is 15.9. The van der Waals surface area contributed by atoms with Crippen LogP contribution in [0.5, 0.6) is 0 Å². The molecule has 0 nitrogen and oxygen atoms in total. The first-order valence-electron chi connectivity index (χ1n) is 15.9. The molecule has 4 rings (SSSR count). The predicted molar refractivity (Wildman–Crippen MR) is 189 cm³/mol. The molecule has 0 aliphatic heterocycles. The van der Waals surface area contributed by atoms with Crippen LogP contribution in [0.3, 0.4) is 0 Å². The zero-order chi connectivity index (χ0) is 30.9. The zero-order valence-electron chi connectivity index (χ0n) is 27.3. The quantitative estimate of drug-likeness (QED) is 0.254. The number of aryl methyl sites for hydroxylation is 1. The molecule has 0 bridgehead atoms. The molecule has 0 saturated carbocycles. The summed E-state index contributed by atoms with van der Waals surface area (Å²) in [6.45, 7) is 25.1. The second-order valence-corrected chi connectivity index (χ2v) is 11.1. The van der Waals surface area contributed by atoms with Gasteiger partial charge in [0.2, 0.25) is 0 Å². The van der Waals surface area contributed by atoms with E-state index in [0.29, 0.717) is 11.8 Å². The Morgan fingerprint density at radius 1 is 0.929 bits per heavy atom. The largest absolute Gasteiger partial charge is 0.0990 e. The van der Waals surface area contributed by atoms with Crippen LogP contribution in [0.4, 0.5) is 0 Å². The molecule has 0 saturated heterocycles. The molecule has 0 amide bonds. The van der Waals surface area contributed by atoms with Crippen LogP contribution in [-0.4, -0.2) is 0 Å². The molecular weight excluding hydrogens is 504 g/mol. The summed E-state index contributed by atoms with van der Waals surface area (Å²) in [5.41, 5.74) is 12.4. The minimum absolute atomic E-state index is 0.412. The second-order valence-electron chi connectivity index (χ2n) is 11.1. The van der Waals surface area contributed by atoms with Crippen LogP contribution in [0.25, 0.3) is 0 Å². The van der Waals surface area contributed by atoms with Crippen molar-refractivity contribution in [3.8, 4) is 0 Å². The lowest BCUT2D eigenvalue weighted by atomic mass is 9.87. The summed E-state index contributed by atoms with van der Waals surface area (Å²) >= 11 is 0. The highest BCUT2D eigenvalue weighted by atomic mass is 14.3. The average molecular weight is 559 g/mol. The fraction of sp³-hybridized carbons (Fsp3) is 0.333. The van der Waals surface area contributed by atoms with Crippen molar-refractivity contribution in [2.24, 2.45) is 11.8 Å². The lowest BCUT2D eigenvalue weighted by molar-refractivity contribution is 0.494. The SMILES string of the molecule is C=C/C=C(C=C)/C=C/C1C=C(C(=C)CCC)C2=C(CC=C2C)CC1C.CC.CCc1ccc(Cc2ccccc2)cc1. The molecule has 0 fully saturated rings. The van der Waals surface area contributed by atoms with Gasteiger partial charge in [0.05, 0.1) is 0 Å². The van der Waals surface area contributed by atoms with Gasteiger partial charge in [-0.25, -0.2) is 0 Å². The topological polar surface area (TPSA) is 0 Å². The lowest BCUT2D eigenvalue weighted by Gasteiger charge is -2.17.